The maximum Gasteiger partial charge on any atom is 0.251 e. The van der Waals surface area contributed by atoms with Crippen LogP contribution in [0.3, 0.4) is 0 Å². The van der Waals surface area contributed by atoms with E-state index < -0.39 is 6.04 Å². The second kappa shape index (κ2) is 6.00. The first-order valence-corrected chi connectivity index (χ1v) is 5.49. The van der Waals surface area contributed by atoms with E-state index in [-0.39, 0.29) is 11.8 Å². The van der Waals surface area contributed by atoms with Gasteiger partial charge < -0.3 is 16.4 Å². The van der Waals surface area contributed by atoms with Gasteiger partial charge in [-0.05, 0) is 38.1 Å². The average Bonchev–Trinajstić information content (AvgIpc) is 2.30. The summed E-state index contributed by atoms with van der Waals surface area (Å²) in [6.07, 6.45) is 0. The fourth-order valence-electron chi connectivity index (χ4n) is 1.22. The standard InChI is InChI=1S/C12H17N3O2/c1-3-14-12(17)9-4-6-10(7-5-9)15-11(16)8(2)13/h4-8H,3,13H2,1-2H3,(H,14,17)(H,15,16)/t8-/m0/s1. The van der Waals surface area contributed by atoms with Gasteiger partial charge in [0.05, 0.1) is 6.04 Å². The zero-order valence-electron chi connectivity index (χ0n) is 9.99. The molecule has 1 atom stereocenters. The fraction of sp³-hybridized carbons (Fsp3) is 0.333. The molecule has 0 unspecified atom stereocenters. The Morgan fingerprint density at radius 2 is 1.88 bits per heavy atom. The molecule has 2 amide bonds. The topological polar surface area (TPSA) is 84.2 Å². The van der Waals surface area contributed by atoms with E-state index in [1.165, 1.54) is 0 Å². The van der Waals surface area contributed by atoms with Crippen molar-refractivity contribution in [2.24, 2.45) is 5.73 Å². The van der Waals surface area contributed by atoms with Crippen LogP contribution in [0.25, 0.3) is 0 Å². The zero-order valence-corrected chi connectivity index (χ0v) is 9.99. The minimum atomic E-state index is -0.557. The first-order valence-electron chi connectivity index (χ1n) is 5.49. The molecule has 0 aliphatic rings. The quantitative estimate of drug-likeness (QED) is 0.719. The SMILES string of the molecule is CCNC(=O)c1ccc(NC(=O)[C@H](C)N)cc1. The maximum atomic E-state index is 11.5. The van der Waals surface area contributed by atoms with E-state index in [1.54, 1.807) is 31.2 Å². The number of nitrogens with one attached hydrogen (secondary N) is 2. The summed E-state index contributed by atoms with van der Waals surface area (Å²) in [7, 11) is 0. The molecule has 0 bridgehead atoms. The predicted octanol–water partition coefficient (Wildman–Crippen LogP) is 0.722. The summed E-state index contributed by atoms with van der Waals surface area (Å²) in [6.45, 7) is 4.05. The molecule has 0 saturated carbocycles. The van der Waals surface area contributed by atoms with Gasteiger partial charge in [-0.1, -0.05) is 0 Å². The molecular weight excluding hydrogens is 218 g/mol. The van der Waals surface area contributed by atoms with Crippen molar-refractivity contribution >= 4 is 17.5 Å². The molecule has 0 spiro atoms. The minimum absolute atomic E-state index is 0.127. The molecular formula is C12H17N3O2. The van der Waals surface area contributed by atoms with Gasteiger partial charge in [-0.2, -0.15) is 0 Å². The Morgan fingerprint density at radius 3 is 2.35 bits per heavy atom. The molecule has 1 rings (SSSR count). The largest absolute Gasteiger partial charge is 0.352 e. The molecule has 17 heavy (non-hydrogen) atoms. The van der Waals surface area contributed by atoms with Crippen molar-refractivity contribution in [1.82, 2.24) is 5.32 Å². The monoisotopic (exact) mass is 235 g/mol. The molecule has 5 nitrogen and oxygen atoms in total. The molecule has 92 valence electrons. The van der Waals surface area contributed by atoms with Gasteiger partial charge in [0, 0.05) is 17.8 Å². The molecule has 0 radical (unpaired) electrons. The van der Waals surface area contributed by atoms with E-state index in [0.717, 1.165) is 0 Å². The summed E-state index contributed by atoms with van der Waals surface area (Å²) in [6, 6.07) is 6.09. The maximum absolute atomic E-state index is 11.5. The highest BCUT2D eigenvalue weighted by atomic mass is 16.2. The van der Waals surface area contributed by atoms with Crippen LogP contribution in [0.4, 0.5) is 5.69 Å². The average molecular weight is 235 g/mol. The van der Waals surface area contributed by atoms with Crippen LogP contribution < -0.4 is 16.4 Å². The first kappa shape index (κ1) is 13.2. The molecule has 0 aliphatic heterocycles. The van der Waals surface area contributed by atoms with Crippen molar-refractivity contribution in [1.29, 1.82) is 0 Å². The third-order valence-corrected chi connectivity index (χ3v) is 2.17. The highest BCUT2D eigenvalue weighted by Gasteiger charge is 2.08. The molecule has 5 heteroatoms. The lowest BCUT2D eigenvalue weighted by Crippen LogP contribution is -2.32. The van der Waals surface area contributed by atoms with Crippen LogP contribution in [0.2, 0.25) is 0 Å². The Morgan fingerprint density at radius 1 is 1.29 bits per heavy atom. The Hall–Kier alpha value is -1.88. The van der Waals surface area contributed by atoms with Crippen molar-refractivity contribution in [2.75, 3.05) is 11.9 Å². The molecule has 1 aromatic carbocycles. The van der Waals surface area contributed by atoms with Crippen molar-refractivity contribution in [2.45, 2.75) is 19.9 Å². The van der Waals surface area contributed by atoms with E-state index in [2.05, 4.69) is 10.6 Å². The van der Waals surface area contributed by atoms with Gasteiger partial charge in [-0.25, -0.2) is 0 Å². The van der Waals surface area contributed by atoms with Crippen LogP contribution in [-0.2, 0) is 4.79 Å². The lowest BCUT2D eigenvalue weighted by molar-refractivity contribution is -0.117. The van der Waals surface area contributed by atoms with E-state index in [1.807, 2.05) is 6.92 Å². The van der Waals surface area contributed by atoms with E-state index in [0.29, 0.717) is 17.8 Å². The highest BCUT2D eigenvalue weighted by molar-refractivity contribution is 5.96. The molecule has 0 aliphatic carbocycles. The van der Waals surface area contributed by atoms with E-state index in [9.17, 15) is 9.59 Å². The number of nitrogens with two attached hydrogens (primary N) is 1. The molecule has 0 saturated heterocycles. The van der Waals surface area contributed by atoms with Crippen LogP contribution in [0, 0.1) is 0 Å². The highest BCUT2D eigenvalue weighted by Crippen LogP contribution is 2.09. The Kier molecular flexibility index (Phi) is 4.66. The van der Waals surface area contributed by atoms with Crippen molar-refractivity contribution in [3.63, 3.8) is 0 Å². The lowest BCUT2D eigenvalue weighted by atomic mass is 10.2. The van der Waals surface area contributed by atoms with Crippen molar-refractivity contribution in [3.05, 3.63) is 29.8 Å². The summed E-state index contributed by atoms with van der Waals surface area (Å²) in [5.74, 6) is -0.381. The van der Waals surface area contributed by atoms with Gasteiger partial charge in [-0.15, -0.1) is 0 Å². The number of benzene rings is 1. The van der Waals surface area contributed by atoms with Gasteiger partial charge in [0.1, 0.15) is 0 Å². The normalized spacial score (nSPS) is 11.7. The Labute approximate surface area is 100 Å². The number of rotatable bonds is 4. The predicted molar refractivity (Wildman–Crippen MR) is 66.7 cm³/mol. The second-order valence-electron chi connectivity index (χ2n) is 3.71. The zero-order chi connectivity index (χ0) is 12.8. The van der Waals surface area contributed by atoms with Gasteiger partial charge >= 0.3 is 0 Å². The van der Waals surface area contributed by atoms with Gasteiger partial charge in [0.2, 0.25) is 5.91 Å². The Bertz CT molecular complexity index is 399. The summed E-state index contributed by atoms with van der Waals surface area (Å²) in [4.78, 5) is 22.8. The summed E-state index contributed by atoms with van der Waals surface area (Å²) < 4.78 is 0. The lowest BCUT2D eigenvalue weighted by Gasteiger charge is -2.08. The van der Waals surface area contributed by atoms with Crippen LogP contribution in [0.15, 0.2) is 24.3 Å². The molecule has 0 fully saturated rings. The van der Waals surface area contributed by atoms with Crippen molar-refractivity contribution in [3.8, 4) is 0 Å². The molecule has 0 heterocycles. The second-order valence-corrected chi connectivity index (χ2v) is 3.71. The number of anilines is 1. The van der Waals surface area contributed by atoms with Crippen LogP contribution >= 0.6 is 0 Å². The third kappa shape index (κ3) is 3.88. The van der Waals surface area contributed by atoms with Crippen LogP contribution in [-0.4, -0.2) is 24.4 Å². The van der Waals surface area contributed by atoms with E-state index in [4.69, 9.17) is 5.73 Å². The number of carbonyl (C=O) groups is 2. The van der Waals surface area contributed by atoms with E-state index >= 15 is 0 Å². The number of hydrogen-bond donors (Lipinski definition) is 3. The minimum Gasteiger partial charge on any atom is -0.352 e. The van der Waals surface area contributed by atoms with Crippen LogP contribution in [0.1, 0.15) is 24.2 Å². The number of carbonyl (C=O) groups excluding carboxylic acids is 2. The fourth-order valence-corrected chi connectivity index (χ4v) is 1.22. The smallest absolute Gasteiger partial charge is 0.251 e. The van der Waals surface area contributed by atoms with Crippen molar-refractivity contribution < 1.29 is 9.59 Å². The molecule has 0 aromatic heterocycles. The number of hydrogen-bond acceptors (Lipinski definition) is 3. The first-order chi connectivity index (χ1) is 8.04. The third-order valence-electron chi connectivity index (χ3n) is 2.17. The Balaban J connectivity index is 2.68. The van der Waals surface area contributed by atoms with Gasteiger partial charge in [0.25, 0.3) is 5.91 Å². The summed E-state index contributed by atoms with van der Waals surface area (Å²) >= 11 is 0. The summed E-state index contributed by atoms with van der Waals surface area (Å²) in [5, 5.41) is 5.34. The number of amides is 2. The van der Waals surface area contributed by atoms with Gasteiger partial charge in [0.15, 0.2) is 0 Å². The van der Waals surface area contributed by atoms with Crippen LogP contribution in [0.5, 0.6) is 0 Å². The molecule has 4 N–H and O–H groups in total. The molecule has 1 aromatic rings. The van der Waals surface area contributed by atoms with Gasteiger partial charge in [-0.3, -0.25) is 9.59 Å². The summed E-state index contributed by atoms with van der Waals surface area (Å²) in [5.41, 5.74) is 6.61.